The van der Waals surface area contributed by atoms with Gasteiger partial charge in [0.15, 0.2) is 0 Å². The second-order valence-electron chi connectivity index (χ2n) is 9.14. The van der Waals surface area contributed by atoms with Gasteiger partial charge in [-0.25, -0.2) is 13.8 Å². The highest BCUT2D eigenvalue weighted by Gasteiger charge is 2.30. The molecule has 3 heterocycles. The zero-order valence-corrected chi connectivity index (χ0v) is 19.1. The number of amides is 1. The predicted octanol–water partition coefficient (Wildman–Crippen LogP) is 5.54. The molecule has 0 radical (unpaired) electrons. The van der Waals surface area contributed by atoms with E-state index in [2.05, 4.69) is 24.1 Å². The summed E-state index contributed by atoms with van der Waals surface area (Å²) in [7, 11) is 0. The van der Waals surface area contributed by atoms with Crippen molar-refractivity contribution in [2.45, 2.75) is 64.7 Å². The maximum absolute atomic E-state index is 13.1. The first-order chi connectivity index (χ1) is 15.6. The Kier molecular flexibility index (Phi) is 6.34. The third kappa shape index (κ3) is 5.30. The first kappa shape index (κ1) is 23.1. The molecule has 1 fully saturated rings. The monoisotopic (exact) mass is 458 g/mol. The van der Waals surface area contributed by atoms with E-state index in [9.17, 15) is 13.6 Å². The molecule has 3 aromatic rings. The summed E-state index contributed by atoms with van der Waals surface area (Å²) >= 11 is 0. The van der Waals surface area contributed by atoms with Gasteiger partial charge in [0.25, 0.3) is 12.3 Å². The molecule has 1 amide bonds. The Balaban J connectivity index is 1.67. The Labute approximate surface area is 191 Å². The van der Waals surface area contributed by atoms with Crippen LogP contribution in [0.4, 0.5) is 14.6 Å². The number of nitrogens with zero attached hydrogens (tertiary/aromatic N) is 3. The normalized spacial score (nSPS) is 18.1. The molecule has 1 aromatic carbocycles. The Bertz CT molecular complexity index is 1160. The molecule has 1 N–H and O–H groups in total. The second-order valence-corrected chi connectivity index (χ2v) is 9.14. The van der Waals surface area contributed by atoms with Crippen LogP contribution in [0.2, 0.25) is 0 Å². The summed E-state index contributed by atoms with van der Waals surface area (Å²) < 4.78 is 39.6. The Hall–Kier alpha value is -3.07. The van der Waals surface area contributed by atoms with Crippen LogP contribution < -0.4 is 10.1 Å². The van der Waals surface area contributed by atoms with E-state index in [1.807, 2.05) is 24.7 Å². The summed E-state index contributed by atoms with van der Waals surface area (Å²) in [5.74, 6) is -0.0717. The number of anilines is 1. The first-order valence-electron chi connectivity index (χ1n) is 11.0. The Morgan fingerprint density at radius 1 is 1.30 bits per heavy atom. The molecule has 1 atom stereocenters. The lowest BCUT2D eigenvalue weighted by Gasteiger charge is -2.35. The molecule has 1 aliphatic heterocycles. The van der Waals surface area contributed by atoms with E-state index in [0.717, 1.165) is 18.2 Å². The van der Waals surface area contributed by atoms with Gasteiger partial charge in [-0.2, -0.15) is 5.10 Å². The van der Waals surface area contributed by atoms with Crippen LogP contribution in [0, 0.1) is 0 Å². The van der Waals surface area contributed by atoms with Crippen molar-refractivity contribution in [3.05, 3.63) is 47.8 Å². The highest BCUT2D eigenvalue weighted by atomic mass is 19.3. The fourth-order valence-corrected chi connectivity index (χ4v) is 4.04. The van der Waals surface area contributed by atoms with E-state index in [0.29, 0.717) is 17.9 Å². The molecule has 33 heavy (non-hydrogen) atoms. The van der Waals surface area contributed by atoms with Crippen LogP contribution in [-0.4, -0.2) is 39.0 Å². The van der Waals surface area contributed by atoms with Crippen molar-refractivity contribution >= 4 is 22.6 Å². The number of carbonyl (C=O) groups excluding carboxylic acids is 1. The van der Waals surface area contributed by atoms with Gasteiger partial charge in [-0.05, 0) is 58.7 Å². The average molecular weight is 459 g/mol. The van der Waals surface area contributed by atoms with Crippen molar-refractivity contribution in [1.82, 2.24) is 14.8 Å². The number of carbonyl (C=O) groups is 1. The number of fused-ring (bicyclic) bond motifs is 1. The van der Waals surface area contributed by atoms with E-state index in [-0.39, 0.29) is 29.1 Å². The van der Waals surface area contributed by atoms with Crippen molar-refractivity contribution < 1.29 is 23.0 Å². The molecule has 176 valence electrons. The first-order valence-corrected chi connectivity index (χ1v) is 11.0. The summed E-state index contributed by atoms with van der Waals surface area (Å²) in [6.07, 6.45) is 0.710. The van der Waals surface area contributed by atoms with Crippen molar-refractivity contribution in [2.75, 3.05) is 11.9 Å². The number of hydrogen-bond donors (Lipinski definition) is 1. The lowest BCUT2D eigenvalue weighted by atomic mass is 9.94. The fraction of sp³-hybridized carbons (Fsp3) is 0.458. The molecule has 4 rings (SSSR count). The number of pyridine rings is 1. The van der Waals surface area contributed by atoms with Crippen LogP contribution in [0.15, 0.2) is 36.5 Å². The van der Waals surface area contributed by atoms with Crippen LogP contribution in [-0.2, 0) is 4.74 Å². The van der Waals surface area contributed by atoms with E-state index < -0.39 is 18.0 Å². The summed E-state index contributed by atoms with van der Waals surface area (Å²) in [5, 5.41) is 8.13. The number of aromatic nitrogens is 3. The van der Waals surface area contributed by atoms with Crippen molar-refractivity contribution in [3.8, 4) is 5.75 Å². The van der Waals surface area contributed by atoms with Crippen LogP contribution in [0.5, 0.6) is 5.75 Å². The van der Waals surface area contributed by atoms with Crippen molar-refractivity contribution in [2.24, 2.45) is 0 Å². The third-order valence-corrected chi connectivity index (χ3v) is 5.51. The van der Waals surface area contributed by atoms with Gasteiger partial charge in [-0.1, -0.05) is 6.07 Å². The van der Waals surface area contributed by atoms with Gasteiger partial charge >= 0.3 is 0 Å². The number of benzene rings is 1. The highest BCUT2D eigenvalue weighted by molar-refractivity contribution is 6.08. The quantitative estimate of drug-likeness (QED) is 0.525. The number of hydrogen-bond acceptors (Lipinski definition) is 5. The third-order valence-electron chi connectivity index (χ3n) is 5.51. The van der Waals surface area contributed by atoms with E-state index in [1.54, 1.807) is 12.1 Å². The highest BCUT2D eigenvalue weighted by Crippen LogP contribution is 2.34. The minimum Gasteiger partial charge on any atom is -0.490 e. The van der Waals surface area contributed by atoms with Crippen LogP contribution in [0.1, 0.15) is 69.1 Å². The summed E-state index contributed by atoms with van der Waals surface area (Å²) in [6.45, 7) is 8.52. The minimum atomic E-state index is -2.72. The van der Waals surface area contributed by atoms with Gasteiger partial charge in [0.1, 0.15) is 17.3 Å². The van der Waals surface area contributed by atoms with Crippen LogP contribution in [0.25, 0.3) is 10.9 Å². The number of ether oxygens (including phenoxy) is 2. The van der Waals surface area contributed by atoms with E-state index >= 15 is 0 Å². The molecule has 9 heteroatoms. The standard InChI is InChI=1S/C24H28F2N4O3/c1-14(2)33-20-11-19-15(13-30(29-19)16-8-9-32-24(3,4)12-16)10-17(20)23(31)28-21-7-5-6-18(27-21)22(25)26/h5-7,10-11,13-14,16,22H,8-9,12H2,1-4H3,(H,27,28,31)/t16-/m0/s1. The molecule has 0 aliphatic carbocycles. The smallest absolute Gasteiger partial charge is 0.280 e. The molecular weight excluding hydrogens is 430 g/mol. The van der Waals surface area contributed by atoms with Crippen LogP contribution >= 0.6 is 0 Å². The lowest BCUT2D eigenvalue weighted by Crippen LogP contribution is -2.35. The predicted molar refractivity (Wildman–Crippen MR) is 121 cm³/mol. The van der Waals surface area contributed by atoms with Crippen LogP contribution in [0.3, 0.4) is 0 Å². The van der Waals surface area contributed by atoms with E-state index in [1.165, 1.54) is 18.2 Å². The second kappa shape index (κ2) is 9.05. The Morgan fingerprint density at radius 3 is 2.79 bits per heavy atom. The molecule has 0 unspecified atom stereocenters. The molecule has 1 aliphatic rings. The Morgan fingerprint density at radius 2 is 2.09 bits per heavy atom. The molecule has 7 nitrogen and oxygen atoms in total. The zero-order valence-electron chi connectivity index (χ0n) is 19.1. The molecule has 2 aromatic heterocycles. The molecular formula is C24H28F2N4O3. The summed E-state index contributed by atoms with van der Waals surface area (Å²) in [6, 6.07) is 7.76. The largest absolute Gasteiger partial charge is 0.490 e. The van der Waals surface area contributed by atoms with Gasteiger partial charge in [0.2, 0.25) is 0 Å². The maximum atomic E-state index is 13.1. The molecule has 0 saturated carbocycles. The molecule has 0 bridgehead atoms. The van der Waals surface area contributed by atoms with Gasteiger partial charge in [-0.3, -0.25) is 9.48 Å². The van der Waals surface area contributed by atoms with Gasteiger partial charge < -0.3 is 14.8 Å². The number of nitrogens with one attached hydrogen (secondary N) is 1. The van der Waals surface area contributed by atoms with Gasteiger partial charge in [0, 0.05) is 24.3 Å². The molecule has 0 spiro atoms. The molecule has 1 saturated heterocycles. The number of alkyl halides is 2. The number of rotatable bonds is 6. The van der Waals surface area contributed by atoms with Gasteiger partial charge in [-0.15, -0.1) is 0 Å². The zero-order chi connectivity index (χ0) is 23.8. The summed E-state index contributed by atoms with van der Waals surface area (Å²) in [5.41, 5.74) is 0.372. The average Bonchev–Trinajstić information content (AvgIpc) is 3.15. The fourth-order valence-electron chi connectivity index (χ4n) is 4.04. The summed E-state index contributed by atoms with van der Waals surface area (Å²) in [4.78, 5) is 16.9. The van der Waals surface area contributed by atoms with Gasteiger partial charge in [0.05, 0.1) is 28.8 Å². The maximum Gasteiger partial charge on any atom is 0.280 e. The topological polar surface area (TPSA) is 78.3 Å². The number of halogens is 2. The van der Waals surface area contributed by atoms with E-state index in [4.69, 9.17) is 14.6 Å². The minimum absolute atomic E-state index is 0.0496. The lowest BCUT2D eigenvalue weighted by molar-refractivity contribution is -0.0707. The SMILES string of the molecule is CC(C)Oc1cc2nn([C@H]3CCOC(C)(C)C3)cc2cc1C(=O)Nc1cccc(C(F)F)n1. The van der Waals surface area contributed by atoms with Crippen molar-refractivity contribution in [3.63, 3.8) is 0 Å². The van der Waals surface area contributed by atoms with Crippen molar-refractivity contribution in [1.29, 1.82) is 0 Å².